The molecule has 6 heteroatoms. The van der Waals surface area contributed by atoms with Gasteiger partial charge in [0.2, 0.25) is 0 Å². The van der Waals surface area contributed by atoms with Gasteiger partial charge in [0.15, 0.2) is 11.1 Å². The largest absolute Gasteiger partial charge is 0.306 e. The SMILES string of the molecule is Cc1nn(C)nc1CS(=O)O. The monoisotopic (exact) mass is 175 g/mol. The van der Waals surface area contributed by atoms with Gasteiger partial charge in [0.05, 0.1) is 11.4 Å². The molecule has 0 aliphatic carbocycles. The summed E-state index contributed by atoms with van der Waals surface area (Å²) in [5.74, 6) is 0.0552. The summed E-state index contributed by atoms with van der Waals surface area (Å²) in [6.45, 7) is 1.76. The van der Waals surface area contributed by atoms with Crippen molar-refractivity contribution in [2.24, 2.45) is 7.05 Å². The third-order valence-electron chi connectivity index (χ3n) is 1.24. The fourth-order valence-electron chi connectivity index (χ4n) is 0.794. The molecule has 0 radical (unpaired) electrons. The van der Waals surface area contributed by atoms with Crippen LogP contribution in [0, 0.1) is 6.92 Å². The Morgan fingerprint density at radius 3 is 2.64 bits per heavy atom. The Morgan fingerprint density at radius 2 is 2.27 bits per heavy atom. The van der Waals surface area contributed by atoms with E-state index >= 15 is 0 Å². The number of rotatable bonds is 2. The second kappa shape index (κ2) is 3.10. The topological polar surface area (TPSA) is 68.0 Å². The Bertz CT molecular complexity index is 283. The molecule has 0 fully saturated rings. The predicted molar refractivity (Wildman–Crippen MR) is 40.2 cm³/mol. The van der Waals surface area contributed by atoms with Gasteiger partial charge >= 0.3 is 0 Å². The first-order chi connectivity index (χ1) is 5.09. The van der Waals surface area contributed by atoms with E-state index < -0.39 is 11.1 Å². The molecule has 1 aromatic rings. The predicted octanol–water partition coefficient (Wildman–Crippen LogP) is -0.155. The van der Waals surface area contributed by atoms with Gasteiger partial charge in [-0.15, -0.1) is 0 Å². The highest BCUT2D eigenvalue weighted by molar-refractivity contribution is 7.78. The minimum absolute atomic E-state index is 0.0552. The summed E-state index contributed by atoms with van der Waals surface area (Å²) in [6, 6.07) is 0. The fourth-order valence-corrected chi connectivity index (χ4v) is 1.30. The Kier molecular flexibility index (Phi) is 2.35. The summed E-state index contributed by atoms with van der Waals surface area (Å²) in [7, 11) is 1.68. The molecule has 0 saturated heterocycles. The average Bonchev–Trinajstić information content (AvgIpc) is 2.09. The molecule has 0 aliphatic heterocycles. The molecular weight excluding hydrogens is 166 g/mol. The second-order valence-corrected chi connectivity index (χ2v) is 3.12. The molecule has 1 heterocycles. The first kappa shape index (κ1) is 8.35. The van der Waals surface area contributed by atoms with Crippen LogP contribution < -0.4 is 0 Å². The molecule has 0 saturated carbocycles. The molecule has 0 spiro atoms. The van der Waals surface area contributed by atoms with E-state index in [4.69, 9.17) is 4.55 Å². The van der Waals surface area contributed by atoms with E-state index in [1.165, 1.54) is 4.80 Å². The van der Waals surface area contributed by atoms with Crippen LogP contribution in [-0.2, 0) is 23.9 Å². The highest BCUT2D eigenvalue weighted by Gasteiger charge is 2.06. The molecule has 0 aromatic carbocycles. The number of aromatic nitrogens is 3. The minimum Gasteiger partial charge on any atom is -0.306 e. The van der Waals surface area contributed by atoms with Gasteiger partial charge in [0.1, 0.15) is 5.69 Å². The molecule has 0 bridgehead atoms. The van der Waals surface area contributed by atoms with Gasteiger partial charge in [-0.3, -0.25) is 0 Å². The summed E-state index contributed by atoms with van der Waals surface area (Å²) in [6.07, 6.45) is 0. The molecule has 0 aliphatic rings. The van der Waals surface area contributed by atoms with Crippen molar-refractivity contribution >= 4 is 11.1 Å². The van der Waals surface area contributed by atoms with Gasteiger partial charge in [-0.05, 0) is 6.92 Å². The van der Waals surface area contributed by atoms with Crippen LogP contribution in [0.2, 0.25) is 0 Å². The van der Waals surface area contributed by atoms with Gasteiger partial charge in [-0.1, -0.05) is 0 Å². The molecule has 5 nitrogen and oxygen atoms in total. The van der Waals surface area contributed by atoms with Crippen molar-refractivity contribution in [3.63, 3.8) is 0 Å². The van der Waals surface area contributed by atoms with Crippen LogP contribution in [-0.4, -0.2) is 23.8 Å². The van der Waals surface area contributed by atoms with Crippen molar-refractivity contribution in [3.8, 4) is 0 Å². The standard InChI is InChI=1S/C5H9N3O2S/c1-4-5(3-11(9)10)7-8(2)6-4/h3H2,1-2H3,(H,9,10). The minimum atomic E-state index is -1.83. The van der Waals surface area contributed by atoms with Crippen LogP contribution in [0.25, 0.3) is 0 Å². The van der Waals surface area contributed by atoms with Gasteiger partial charge in [0, 0.05) is 7.05 Å². The van der Waals surface area contributed by atoms with E-state index in [1.807, 2.05) is 0 Å². The van der Waals surface area contributed by atoms with Crippen LogP contribution in [0.1, 0.15) is 11.4 Å². The van der Waals surface area contributed by atoms with Crippen LogP contribution in [0.15, 0.2) is 0 Å². The normalized spacial score (nSPS) is 13.4. The van der Waals surface area contributed by atoms with Crippen LogP contribution in [0.5, 0.6) is 0 Å². The van der Waals surface area contributed by atoms with Crippen molar-refractivity contribution in [1.29, 1.82) is 0 Å². The molecule has 1 aromatic heterocycles. The van der Waals surface area contributed by atoms with Crippen molar-refractivity contribution in [2.75, 3.05) is 0 Å². The molecule has 0 amide bonds. The second-order valence-electron chi connectivity index (χ2n) is 2.19. The van der Waals surface area contributed by atoms with Crippen molar-refractivity contribution in [1.82, 2.24) is 15.0 Å². The first-order valence-electron chi connectivity index (χ1n) is 3.04. The molecule has 1 unspecified atom stereocenters. The summed E-state index contributed by atoms with van der Waals surface area (Å²) in [4.78, 5) is 1.39. The first-order valence-corrected chi connectivity index (χ1v) is 4.31. The number of hydrogen-bond donors (Lipinski definition) is 1. The zero-order chi connectivity index (χ0) is 8.43. The van der Waals surface area contributed by atoms with E-state index in [-0.39, 0.29) is 5.75 Å². The smallest absolute Gasteiger partial charge is 0.159 e. The zero-order valence-corrected chi connectivity index (χ0v) is 7.13. The maximum Gasteiger partial charge on any atom is 0.159 e. The van der Waals surface area contributed by atoms with Gasteiger partial charge < -0.3 is 4.55 Å². The van der Waals surface area contributed by atoms with E-state index in [0.717, 1.165) is 0 Å². The Balaban J connectivity index is 2.85. The van der Waals surface area contributed by atoms with Crippen molar-refractivity contribution in [2.45, 2.75) is 12.7 Å². The summed E-state index contributed by atoms with van der Waals surface area (Å²) >= 11 is -1.83. The number of aryl methyl sites for hydroxylation is 2. The number of nitrogens with zero attached hydrogens (tertiary/aromatic N) is 3. The van der Waals surface area contributed by atoms with Crippen LogP contribution in [0.4, 0.5) is 0 Å². The van der Waals surface area contributed by atoms with Crippen LogP contribution >= 0.6 is 0 Å². The lowest BCUT2D eigenvalue weighted by molar-refractivity contribution is 0.562. The third-order valence-corrected chi connectivity index (χ3v) is 1.76. The van der Waals surface area contributed by atoms with Gasteiger partial charge in [0.25, 0.3) is 0 Å². The van der Waals surface area contributed by atoms with E-state index in [1.54, 1.807) is 14.0 Å². The quantitative estimate of drug-likeness (QED) is 0.634. The Morgan fingerprint density at radius 1 is 1.64 bits per heavy atom. The average molecular weight is 175 g/mol. The third kappa shape index (κ3) is 2.09. The molecule has 11 heavy (non-hydrogen) atoms. The fraction of sp³-hybridized carbons (Fsp3) is 0.600. The van der Waals surface area contributed by atoms with Gasteiger partial charge in [-0.25, -0.2) is 4.21 Å². The lowest BCUT2D eigenvalue weighted by Gasteiger charge is -1.88. The summed E-state index contributed by atoms with van der Waals surface area (Å²) in [5.41, 5.74) is 1.28. The van der Waals surface area contributed by atoms with Crippen LogP contribution in [0.3, 0.4) is 0 Å². The Hall–Kier alpha value is -0.750. The molecule has 62 valence electrons. The lowest BCUT2D eigenvalue weighted by atomic mass is 10.4. The van der Waals surface area contributed by atoms with Crippen molar-refractivity contribution < 1.29 is 8.76 Å². The number of hydrogen-bond acceptors (Lipinski definition) is 3. The summed E-state index contributed by atoms with van der Waals surface area (Å²) in [5, 5.41) is 7.83. The maximum atomic E-state index is 10.4. The van der Waals surface area contributed by atoms with Gasteiger partial charge in [-0.2, -0.15) is 15.0 Å². The maximum absolute atomic E-state index is 10.4. The Labute approximate surface area is 66.7 Å². The lowest BCUT2D eigenvalue weighted by Crippen LogP contribution is -1.97. The van der Waals surface area contributed by atoms with E-state index in [9.17, 15) is 4.21 Å². The molecule has 1 rings (SSSR count). The van der Waals surface area contributed by atoms with E-state index in [2.05, 4.69) is 10.2 Å². The highest BCUT2D eigenvalue weighted by Crippen LogP contribution is 2.01. The molecule has 1 atom stereocenters. The van der Waals surface area contributed by atoms with Crippen molar-refractivity contribution in [3.05, 3.63) is 11.4 Å². The zero-order valence-electron chi connectivity index (χ0n) is 6.31. The van der Waals surface area contributed by atoms with E-state index in [0.29, 0.717) is 11.4 Å². The highest BCUT2D eigenvalue weighted by atomic mass is 32.2. The summed E-state index contributed by atoms with van der Waals surface area (Å²) < 4.78 is 18.9. The molecule has 1 N–H and O–H groups in total. The molecular formula is C5H9N3O2S.